The molecule has 3 aromatic rings. The van der Waals surface area contributed by atoms with Gasteiger partial charge in [-0.3, -0.25) is 9.59 Å². The Hall–Kier alpha value is -2.68. The molecule has 3 rings (SSSR count). The van der Waals surface area contributed by atoms with Gasteiger partial charge in [0.25, 0.3) is 5.91 Å². The van der Waals surface area contributed by atoms with Crippen molar-refractivity contribution in [3.8, 4) is 5.75 Å². The van der Waals surface area contributed by atoms with Crippen molar-refractivity contribution >= 4 is 57.7 Å². The fraction of sp³-hybridized carbons (Fsp3) is 0.158. The Morgan fingerprint density at radius 1 is 1.07 bits per heavy atom. The van der Waals surface area contributed by atoms with Crippen LogP contribution in [0.3, 0.4) is 0 Å². The number of nitrogens with one attached hydrogen (secondary N) is 2. The number of methoxy groups -OCH3 is 1. The van der Waals surface area contributed by atoms with Crippen LogP contribution in [-0.4, -0.2) is 29.1 Å². The number of rotatable bonds is 7. The Morgan fingerprint density at radius 2 is 1.86 bits per heavy atom. The number of amides is 2. The van der Waals surface area contributed by atoms with Crippen molar-refractivity contribution in [3.05, 3.63) is 62.5 Å². The van der Waals surface area contributed by atoms with E-state index in [9.17, 15) is 9.59 Å². The van der Waals surface area contributed by atoms with Crippen LogP contribution in [0, 0.1) is 0 Å². The van der Waals surface area contributed by atoms with E-state index < -0.39 is 0 Å². The number of anilines is 2. The van der Waals surface area contributed by atoms with Gasteiger partial charge in [-0.25, -0.2) is 0 Å². The molecule has 7 nitrogen and oxygen atoms in total. The highest BCUT2D eigenvalue weighted by atomic mass is 35.5. The average Bonchev–Trinajstić information content (AvgIpc) is 3.16. The number of carbonyl (C=O) groups is 2. The number of hydrogen-bond donors (Lipinski definition) is 2. The van der Waals surface area contributed by atoms with Crippen molar-refractivity contribution in [2.75, 3.05) is 17.7 Å². The van der Waals surface area contributed by atoms with Gasteiger partial charge in [0, 0.05) is 29.2 Å². The van der Waals surface area contributed by atoms with Gasteiger partial charge in [0.1, 0.15) is 10.8 Å². The third kappa shape index (κ3) is 5.90. The molecule has 0 aliphatic carbocycles. The second-order valence-corrected chi connectivity index (χ2v) is 7.77. The first-order valence-corrected chi connectivity index (χ1v) is 10.0. The minimum Gasteiger partial charge on any atom is -0.495 e. The van der Waals surface area contributed by atoms with Crippen molar-refractivity contribution < 1.29 is 14.3 Å². The lowest BCUT2D eigenvalue weighted by Crippen LogP contribution is -2.12. The van der Waals surface area contributed by atoms with Gasteiger partial charge in [-0.2, -0.15) is 0 Å². The number of aromatic nitrogens is 2. The van der Waals surface area contributed by atoms with Gasteiger partial charge < -0.3 is 15.4 Å². The second-order valence-electron chi connectivity index (χ2n) is 5.86. The van der Waals surface area contributed by atoms with Crippen molar-refractivity contribution in [1.82, 2.24) is 10.2 Å². The number of hydrogen-bond acceptors (Lipinski definition) is 6. The molecule has 1 heterocycles. The zero-order chi connectivity index (χ0) is 20.8. The monoisotopic (exact) mass is 450 g/mol. The van der Waals surface area contributed by atoms with Crippen LogP contribution in [0.2, 0.25) is 10.0 Å². The van der Waals surface area contributed by atoms with E-state index in [-0.39, 0.29) is 23.2 Å². The quantitative estimate of drug-likeness (QED) is 0.544. The van der Waals surface area contributed by atoms with E-state index in [1.165, 1.54) is 7.11 Å². The summed E-state index contributed by atoms with van der Waals surface area (Å²) < 4.78 is 5.08. The summed E-state index contributed by atoms with van der Waals surface area (Å²) in [6.07, 6.45) is 0.548. The Labute approximate surface area is 181 Å². The summed E-state index contributed by atoms with van der Waals surface area (Å²) in [6.45, 7) is 0. The van der Waals surface area contributed by atoms with Gasteiger partial charge in [0.2, 0.25) is 10.9 Å². The van der Waals surface area contributed by atoms with E-state index in [4.69, 9.17) is 27.9 Å². The molecular formula is C19H16Cl2N4O3S. The standard InChI is InChI=1S/C19H16Cl2N4O3S/c1-28-15-6-5-13(10-14(15)21)22-16(26)7-8-17-24-25-19(29-17)18(27)23-12-4-2-3-11(20)9-12/h2-6,9-10H,7-8H2,1H3,(H,22,26)(H,23,27). The smallest absolute Gasteiger partial charge is 0.286 e. The minimum absolute atomic E-state index is 0.189. The van der Waals surface area contributed by atoms with Crippen molar-refractivity contribution in [2.45, 2.75) is 12.8 Å². The van der Waals surface area contributed by atoms with Gasteiger partial charge in [0.15, 0.2) is 0 Å². The highest BCUT2D eigenvalue weighted by Gasteiger charge is 2.14. The molecule has 0 fully saturated rings. The Morgan fingerprint density at radius 3 is 2.59 bits per heavy atom. The Balaban J connectivity index is 1.52. The number of carbonyl (C=O) groups excluding carboxylic acids is 2. The van der Waals surface area contributed by atoms with E-state index in [2.05, 4.69) is 20.8 Å². The molecule has 0 atom stereocenters. The lowest BCUT2D eigenvalue weighted by molar-refractivity contribution is -0.116. The topological polar surface area (TPSA) is 93.2 Å². The van der Waals surface area contributed by atoms with Gasteiger partial charge in [-0.15, -0.1) is 10.2 Å². The molecular weight excluding hydrogens is 435 g/mol. The van der Waals surface area contributed by atoms with Crippen LogP contribution in [0.1, 0.15) is 21.2 Å². The molecule has 0 aliphatic rings. The molecule has 0 unspecified atom stereocenters. The first kappa shape index (κ1) is 21.0. The molecule has 0 saturated carbocycles. The van der Waals surface area contributed by atoms with Crippen LogP contribution < -0.4 is 15.4 Å². The Kier molecular flexibility index (Phi) is 7.03. The van der Waals surface area contributed by atoms with Crippen molar-refractivity contribution in [1.29, 1.82) is 0 Å². The molecule has 29 heavy (non-hydrogen) atoms. The van der Waals surface area contributed by atoms with Crippen LogP contribution in [0.25, 0.3) is 0 Å². The fourth-order valence-electron chi connectivity index (χ4n) is 2.39. The zero-order valence-electron chi connectivity index (χ0n) is 15.2. The van der Waals surface area contributed by atoms with Crippen LogP contribution in [0.15, 0.2) is 42.5 Å². The third-order valence-electron chi connectivity index (χ3n) is 3.75. The summed E-state index contributed by atoms with van der Waals surface area (Å²) in [5.41, 5.74) is 1.14. The van der Waals surface area contributed by atoms with Crippen LogP contribution >= 0.6 is 34.5 Å². The summed E-state index contributed by atoms with van der Waals surface area (Å²) in [5, 5.41) is 15.1. The van der Waals surface area contributed by atoms with E-state index in [0.717, 1.165) is 11.3 Å². The number of benzene rings is 2. The van der Waals surface area contributed by atoms with E-state index in [0.29, 0.717) is 38.6 Å². The lowest BCUT2D eigenvalue weighted by Gasteiger charge is -2.07. The van der Waals surface area contributed by atoms with Crippen molar-refractivity contribution in [2.24, 2.45) is 0 Å². The highest BCUT2D eigenvalue weighted by Crippen LogP contribution is 2.27. The summed E-state index contributed by atoms with van der Waals surface area (Å²) in [5.74, 6) is -0.0539. The molecule has 2 N–H and O–H groups in total. The summed E-state index contributed by atoms with van der Waals surface area (Å²) in [7, 11) is 1.52. The first-order chi connectivity index (χ1) is 13.9. The predicted octanol–water partition coefficient (Wildman–Crippen LogP) is 4.68. The third-order valence-corrected chi connectivity index (χ3v) is 5.26. The maximum Gasteiger partial charge on any atom is 0.286 e. The summed E-state index contributed by atoms with van der Waals surface area (Å²) in [6, 6.07) is 11.8. The number of ether oxygens (including phenoxy) is 1. The average molecular weight is 451 g/mol. The van der Waals surface area contributed by atoms with Gasteiger partial charge >= 0.3 is 0 Å². The highest BCUT2D eigenvalue weighted by molar-refractivity contribution is 7.13. The number of halogens is 2. The molecule has 0 aliphatic heterocycles. The van der Waals surface area contributed by atoms with E-state index in [1.807, 2.05) is 0 Å². The molecule has 2 aromatic carbocycles. The lowest BCUT2D eigenvalue weighted by atomic mass is 10.2. The molecule has 2 amide bonds. The van der Waals surface area contributed by atoms with Gasteiger partial charge in [-0.1, -0.05) is 40.6 Å². The molecule has 1 aromatic heterocycles. The maximum atomic E-state index is 12.3. The predicted molar refractivity (Wildman–Crippen MR) is 114 cm³/mol. The largest absolute Gasteiger partial charge is 0.495 e. The van der Waals surface area contributed by atoms with Gasteiger partial charge in [-0.05, 0) is 36.4 Å². The van der Waals surface area contributed by atoms with Crippen molar-refractivity contribution in [3.63, 3.8) is 0 Å². The molecule has 0 spiro atoms. The molecule has 0 bridgehead atoms. The van der Waals surface area contributed by atoms with E-state index in [1.54, 1.807) is 42.5 Å². The Bertz CT molecular complexity index is 1040. The number of nitrogens with zero attached hydrogens (tertiary/aromatic N) is 2. The fourth-order valence-corrected chi connectivity index (χ4v) is 3.57. The van der Waals surface area contributed by atoms with Crippen LogP contribution in [0.4, 0.5) is 11.4 Å². The number of aryl methyl sites for hydroxylation is 1. The van der Waals surface area contributed by atoms with Crippen LogP contribution in [0.5, 0.6) is 5.75 Å². The molecule has 150 valence electrons. The van der Waals surface area contributed by atoms with Crippen LogP contribution in [-0.2, 0) is 11.2 Å². The zero-order valence-corrected chi connectivity index (χ0v) is 17.6. The normalized spacial score (nSPS) is 10.4. The summed E-state index contributed by atoms with van der Waals surface area (Å²) in [4.78, 5) is 24.4. The van der Waals surface area contributed by atoms with Gasteiger partial charge in [0.05, 0.1) is 12.1 Å². The second kappa shape index (κ2) is 9.69. The minimum atomic E-state index is -0.381. The SMILES string of the molecule is COc1ccc(NC(=O)CCc2nnc(C(=O)Nc3cccc(Cl)c3)s2)cc1Cl. The maximum absolute atomic E-state index is 12.3. The van der Waals surface area contributed by atoms with E-state index >= 15 is 0 Å². The molecule has 0 radical (unpaired) electrons. The molecule has 10 heteroatoms. The first-order valence-electron chi connectivity index (χ1n) is 8.47. The summed E-state index contributed by atoms with van der Waals surface area (Å²) >= 11 is 13.1. The molecule has 0 saturated heterocycles.